The van der Waals surface area contributed by atoms with E-state index in [1.54, 1.807) is 18.2 Å². The molecule has 18 heavy (non-hydrogen) atoms. The molecule has 0 radical (unpaired) electrons. The number of nitrogen functional groups attached to an aromatic ring is 1. The normalized spacial score (nSPS) is 19.1. The second-order valence-corrected chi connectivity index (χ2v) is 4.30. The van der Waals surface area contributed by atoms with Crippen LogP contribution in [-0.2, 0) is 4.79 Å². The van der Waals surface area contributed by atoms with Gasteiger partial charge in [-0.2, -0.15) is 0 Å². The van der Waals surface area contributed by atoms with Gasteiger partial charge in [0, 0.05) is 17.9 Å². The van der Waals surface area contributed by atoms with E-state index in [1.807, 2.05) is 0 Å². The van der Waals surface area contributed by atoms with Crippen molar-refractivity contribution in [3.8, 4) is 0 Å². The Balaban J connectivity index is 2.16. The number of anilines is 2. The van der Waals surface area contributed by atoms with Crippen LogP contribution >= 0.6 is 0 Å². The van der Waals surface area contributed by atoms with E-state index >= 15 is 0 Å². The number of benzene rings is 1. The molecule has 1 saturated heterocycles. The van der Waals surface area contributed by atoms with Gasteiger partial charge < -0.3 is 22.1 Å². The van der Waals surface area contributed by atoms with Crippen LogP contribution in [-0.4, -0.2) is 24.4 Å². The van der Waals surface area contributed by atoms with Gasteiger partial charge in [-0.25, -0.2) is 0 Å². The zero-order valence-corrected chi connectivity index (χ0v) is 9.90. The van der Waals surface area contributed by atoms with E-state index in [0.29, 0.717) is 17.9 Å². The number of nitrogens with one attached hydrogen (secondary N) is 2. The summed E-state index contributed by atoms with van der Waals surface area (Å²) in [6.45, 7) is 0.714. The van der Waals surface area contributed by atoms with Gasteiger partial charge >= 0.3 is 0 Å². The molecule has 1 aliphatic heterocycles. The predicted molar refractivity (Wildman–Crippen MR) is 69.0 cm³/mol. The fraction of sp³-hybridized carbons (Fsp3) is 0.333. The van der Waals surface area contributed by atoms with Gasteiger partial charge in [-0.05, 0) is 31.0 Å². The topological polar surface area (TPSA) is 110 Å². The molecule has 1 fully saturated rings. The summed E-state index contributed by atoms with van der Waals surface area (Å²) in [7, 11) is 0. The Labute approximate surface area is 105 Å². The highest BCUT2D eigenvalue weighted by molar-refractivity contribution is 5.99. The molecule has 1 aromatic rings. The largest absolute Gasteiger partial charge is 0.398 e. The van der Waals surface area contributed by atoms with Crippen LogP contribution in [0.25, 0.3) is 0 Å². The summed E-state index contributed by atoms with van der Waals surface area (Å²) in [4.78, 5) is 22.8. The van der Waals surface area contributed by atoms with Crippen LogP contribution in [0.3, 0.4) is 0 Å². The Kier molecular flexibility index (Phi) is 3.36. The van der Waals surface area contributed by atoms with Crippen LogP contribution in [0.5, 0.6) is 0 Å². The van der Waals surface area contributed by atoms with Crippen molar-refractivity contribution in [3.63, 3.8) is 0 Å². The van der Waals surface area contributed by atoms with E-state index in [0.717, 1.165) is 12.8 Å². The number of hydrogen-bond donors (Lipinski definition) is 4. The smallest absolute Gasteiger partial charge is 0.250 e. The molecule has 0 aromatic heterocycles. The number of hydrogen-bond acceptors (Lipinski definition) is 4. The Morgan fingerprint density at radius 1 is 1.44 bits per heavy atom. The van der Waals surface area contributed by atoms with Crippen molar-refractivity contribution in [1.82, 2.24) is 5.32 Å². The van der Waals surface area contributed by atoms with Crippen molar-refractivity contribution in [2.45, 2.75) is 18.9 Å². The summed E-state index contributed by atoms with van der Waals surface area (Å²) in [6.07, 6.45) is 1.70. The lowest BCUT2D eigenvalue weighted by Crippen LogP contribution is -2.44. The highest BCUT2D eigenvalue weighted by Crippen LogP contribution is 2.19. The van der Waals surface area contributed by atoms with E-state index in [9.17, 15) is 9.59 Å². The van der Waals surface area contributed by atoms with Gasteiger partial charge in [0.1, 0.15) is 6.04 Å². The van der Waals surface area contributed by atoms with Crippen molar-refractivity contribution >= 4 is 23.2 Å². The average Bonchev–Trinajstić information content (AvgIpc) is 2.34. The van der Waals surface area contributed by atoms with E-state index < -0.39 is 5.91 Å². The number of carbonyl (C=O) groups excluding carboxylic acids is 2. The molecule has 0 bridgehead atoms. The van der Waals surface area contributed by atoms with E-state index in [4.69, 9.17) is 11.5 Å². The molecule has 0 spiro atoms. The monoisotopic (exact) mass is 248 g/mol. The van der Waals surface area contributed by atoms with Gasteiger partial charge in [0.25, 0.3) is 5.91 Å². The Hall–Kier alpha value is -2.24. The summed E-state index contributed by atoms with van der Waals surface area (Å²) >= 11 is 0. The maximum Gasteiger partial charge on any atom is 0.250 e. The van der Waals surface area contributed by atoms with Gasteiger partial charge in [0.15, 0.2) is 0 Å². The number of piperidine rings is 1. The first-order valence-corrected chi connectivity index (χ1v) is 5.81. The Morgan fingerprint density at radius 3 is 2.89 bits per heavy atom. The molecular formula is C12H16N4O2. The van der Waals surface area contributed by atoms with Crippen molar-refractivity contribution in [2.24, 2.45) is 5.73 Å². The van der Waals surface area contributed by atoms with Crippen LogP contribution < -0.4 is 22.1 Å². The molecule has 6 heteroatoms. The third-order valence-electron chi connectivity index (χ3n) is 2.94. The third-order valence-corrected chi connectivity index (χ3v) is 2.94. The molecule has 1 aromatic carbocycles. The number of primary amides is 1. The lowest BCUT2D eigenvalue weighted by atomic mass is 10.1. The molecule has 2 amide bonds. The first-order valence-electron chi connectivity index (χ1n) is 5.81. The minimum Gasteiger partial charge on any atom is -0.398 e. The summed E-state index contributed by atoms with van der Waals surface area (Å²) in [5.74, 6) is -0.608. The molecule has 1 aliphatic rings. The predicted octanol–water partition coefficient (Wildman–Crippen LogP) is 0.0582. The summed E-state index contributed by atoms with van der Waals surface area (Å²) < 4.78 is 0. The van der Waals surface area contributed by atoms with Gasteiger partial charge in [-0.3, -0.25) is 9.59 Å². The Morgan fingerprint density at radius 2 is 2.22 bits per heavy atom. The van der Waals surface area contributed by atoms with Crippen molar-refractivity contribution in [1.29, 1.82) is 0 Å². The second kappa shape index (κ2) is 4.95. The molecule has 0 saturated carbocycles. The van der Waals surface area contributed by atoms with Gasteiger partial charge in [0.2, 0.25) is 5.91 Å². The molecular weight excluding hydrogens is 232 g/mol. The van der Waals surface area contributed by atoms with Crippen molar-refractivity contribution < 1.29 is 9.59 Å². The Bertz CT molecular complexity index is 487. The van der Waals surface area contributed by atoms with Gasteiger partial charge in [-0.1, -0.05) is 0 Å². The number of carbonyl (C=O) groups is 2. The third kappa shape index (κ3) is 2.53. The highest BCUT2D eigenvalue weighted by atomic mass is 16.2. The van der Waals surface area contributed by atoms with Crippen LogP contribution in [0.15, 0.2) is 18.2 Å². The maximum absolute atomic E-state index is 11.6. The van der Waals surface area contributed by atoms with Gasteiger partial charge in [-0.15, -0.1) is 0 Å². The summed E-state index contributed by atoms with van der Waals surface area (Å²) in [6, 6.07) is 4.62. The first-order chi connectivity index (χ1) is 8.58. The molecule has 1 heterocycles. The number of rotatable bonds is 3. The fourth-order valence-corrected chi connectivity index (χ4v) is 1.97. The zero-order valence-electron chi connectivity index (χ0n) is 9.90. The molecule has 1 unspecified atom stereocenters. The average molecular weight is 248 g/mol. The minimum absolute atomic E-state index is 0.0290. The second-order valence-electron chi connectivity index (χ2n) is 4.30. The highest BCUT2D eigenvalue weighted by Gasteiger charge is 2.21. The standard InChI is InChI=1S/C12H16N4O2/c13-9-4-3-7(6-8(9)11(14)17)16-10-2-1-5-15-12(10)18/h3-4,6,10,16H,1-2,5,13H2,(H2,14,17)(H,15,18). The lowest BCUT2D eigenvalue weighted by Gasteiger charge is -2.24. The zero-order chi connectivity index (χ0) is 13.1. The SMILES string of the molecule is NC(=O)c1cc(NC2CCCNC2=O)ccc1N. The lowest BCUT2D eigenvalue weighted by molar-refractivity contribution is -0.123. The molecule has 96 valence electrons. The summed E-state index contributed by atoms with van der Waals surface area (Å²) in [5, 5.41) is 5.86. The number of nitrogens with two attached hydrogens (primary N) is 2. The molecule has 6 N–H and O–H groups in total. The summed E-state index contributed by atoms with van der Waals surface area (Å²) in [5.41, 5.74) is 12.1. The van der Waals surface area contributed by atoms with Crippen LogP contribution in [0.1, 0.15) is 23.2 Å². The molecule has 2 rings (SSSR count). The minimum atomic E-state index is -0.579. The number of amides is 2. The van der Waals surface area contributed by atoms with E-state index in [1.165, 1.54) is 0 Å². The molecule has 1 atom stereocenters. The van der Waals surface area contributed by atoms with Crippen LogP contribution in [0, 0.1) is 0 Å². The van der Waals surface area contributed by atoms with Crippen LogP contribution in [0.4, 0.5) is 11.4 Å². The van der Waals surface area contributed by atoms with Crippen molar-refractivity contribution in [3.05, 3.63) is 23.8 Å². The molecule has 0 aliphatic carbocycles. The van der Waals surface area contributed by atoms with Gasteiger partial charge in [0.05, 0.1) is 5.56 Å². The quantitative estimate of drug-likeness (QED) is 0.567. The molecule has 6 nitrogen and oxygen atoms in total. The first kappa shape index (κ1) is 12.2. The van der Waals surface area contributed by atoms with Crippen LogP contribution in [0.2, 0.25) is 0 Å². The van der Waals surface area contributed by atoms with Crippen molar-refractivity contribution in [2.75, 3.05) is 17.6 Å². The van der Waals surface area contributed by atoms with E-state index in [-0.39, 0.29) is 17.5 Å². The maximum atomic E-state index is 11.6. The fourth-order valence-electron chi connectivity index (χ4n) is 1.97. The van der Waals surface area contributed by atoms with E-state index in [2.05, 4.69) is 10.6 Å².